The van der Waals surface area contributed by atoms with Gasteiger partial charge in [0.2, 0.25) is 5.91 Å². The van der Waals surface area contributed by atoms with Crippen molar-refractivity contribution in [2.45, 2.75) is 12.8 Å². The molecular weight excluding hydrogens is 283 g/mol. The van der Waals surface area contributed by atoms with Gasteiger partial charge in [0.25, 0.3) is 0 Å². The summed E-state index contributed by atoms with van der Waals surface area (Å²) < 4.78 is 18.5. The maximum Gasteiger partial charge on any atom is 0.226 e. The fourth-order valence-electron chi connectivity index (χ4n) is 2.10. The molecule has 0 unspecified atom stereocenters. The molecule has 0 fully saturated rings. The van der Waals surface area contributed by atoms with Crippen molar-refractivity contribution in [3.63, 3.8) is 0 Å². The fourth-order valence-corrected chi connectivity index (χ4v) is 2.10. The van der Waals surface area contributed by atoms with Gasteiger partial charge in [-0.1, -0.05) is 6.07 Å². The highest BCUT2D eigenvalue weighted by molar-refractivity contribution is 5.78. The molecule has 116 valence electrons. The molecule has 1 amide bonds. The van der Waals surface area contributed by atoms with E-state index in [0.717, 1.165) is 12.0 Å². The summed E-state index contributed by atoms with van der Waals surface area (Å²) in [5.41, 5.74) is 1.77. The molecule has 0 atom stereocenters. The number of hydrogen-bond acceptors (Lipinski definition) is 3. The van der Waals surface area contributed by atoms with Crippen LogP contribution in [-0.2, 0) is 17.6 Å². The Balaban J connectivity index is 1.89. The van der Waals surface area contributed by atoms with Gasteiger partial charge in [-0.2, -0.15) is 0 Å². The van der Waals surface area contributed by atoms with E-state index in [1.165, 1.54) is 19.2 Å². The molecule has 1 aromatic heterocycles. The Kier molecular flexibility index (Phi) is 5.47. The van der Waals surface area contributed by atoms with Crippen molar-refractivity contribution < 1.29 is 13.9 Å². The van der Waals surface area contributed by atoms with Crippen LogP contribution >= 0.6 is 0 Å². The third-order valence-corrected chi connectivity index (χ3v) is 3.48. The molecule has 0 saturated heterocycles. The number of pyridine rings is 1. The third kappa shape index (κ3) is 4.28. The van der Waals surface area contributed by atoms with Crippen LogP contribution < -0.4 is 4.74 Å². The summed E-state index contributed by atoms with van der Waals surface area (Å²) in [6.07, 6.45) is 4.41. The molecule has 2 rings (SSSR count). The minimum Gasteiger partial charge on any atom is -0.494 e. The van der Waals surface area contributed by atoms with E-state index in [4.69, 9.17) is 4.74 Å². The standard InChI is InChI=1S/C17H19FN2O2/c1-20(10-7-13-5-8-19-9-6-13)17(21)12-14-3-4-16(22-2)15(18)11-14/h3-6,8-9,11H,7,10,12H2,1-2H3. The summed E-state index contributed by atoms with van der Waals surface area (Å²) in [6, 6.07) is 8.44. The van der Waals surface area contributed by atoms with Crippen LogP contribution in [0.5, 0.6) is 5.75 Å². The van der Waals surface area contributed by atoms with E-state index in [0.29, 0.717) is 12.1 Å². The quantitative estimate of drug-likeness (QED) is 0.823. The molecule has 0 N–H and O–H groups in total. The maximum atomic E-state index is 13.6. The Morgan fingerprint density at radius 3 is 2.59 bits per heavy atom. The molecule has 2 aromatic rings. The molecular formula is C17H19FN2O2. The number of benzene rings is 1. The van der Waals surface area contributed by atoms with E-state index < -0.39 is 5.82 Å². The molecule has 0 saturated carbocycles. The minimum atomic E-state index is -0.452. The summed E-state index contributed by atoms with van der Waals surface area (Å²) in [6.45, 7) is 0.613. The highest BCUT2D eigenvalue weighted by Crippen LogP contribution is 2.18. The highest BCUT2D eigenvalue weighted by Gasteiger charge is 2.11. The van der Waals surface area contributed by atoms with E-state index in [1.807, 2.05) is 12.1 Å². The first-order valence-corrected chi connectivity index (χ1v) is 7.05. The zero-order valence-electron chi connectivity index (χ0n) is 12.8. The third-order valence-electron chi connectivity index (χ3n) is 3.48. The van der Waals surface area contributed by atoms with Crippen molar-refractivity contribution in [1.29, 1.82) is 0 Å². The molecule has 1 aromatic carbocycles. The van der Waals surface area contributed by atoms with Crippen molar-refractivity contribution in [3.8, 4) is 5.75 Å². The van der Waals surface area contributed by atoms with Gasteiger partial charge in [0.1, 0.15) is 0 Å². The Morgan fingerprint density at radius 1 is 1.23 bits per heavy atom. The lowest BCUT2D eigenvalue weighted by molar-refractivity contribution is -0.129. The van der Waals surface area contributed by atoms with Gasteiger partial charge in [-0.3, -0.25) is 9.78 Å². The van der Waals surface area contributed by atoms with Crippen molar-refractivity contribution in [1.82, 2.24) is 9.88 Å². The number of amides is 1. The van der Waals surface area contributed by atoms with Gasteiger partial charge in [0.05, 0.1) is 13.5 Å². The van der Waals surface area contributed by atoms with Gasteiger partial charge >= 0.3 is 0 Å². The first-order chi connectivity index (χ1) is 10.6. The van der Waals surface area contributed by atoms with Crippen LogP contribution in [0.3, 0.4) is 0 Å². The second-order valence-electron chi connectivity index (χ2n) is 5.07. The number of ether oxygens (including phenoxy) is 1. The molecule has 0 spiro atoms. The molecule has 0 aliphatic carbocycles. The van der Waals surface area contributed by atoms with Gasteiger partial charge < -0.3 is 9.64 Å². The van der Waals surface area contributed by atoms with Gasteiger partial charge in [0, 0.05) is 26.0 Å². The first-order valence-electron chi connectivity index (χ1n) is 7.05. The van der Waals surface area contributed by atoms with E-state index >= 15 is 0 Å². The largest absolute Gasteiger partial charge is 0.494 e. The molecule has 1 heterocycles. The van der Waals surface area contributed by atoms with Crippen molar-refractivity contribution in [2.75, 3.05) is 20.7 Å². The van der Waals surface area contributed by atoms with E-state index in [1.54, 1.807) is 30.4 Å². The number of likely N-dealkylation sites (N-methyl/N-ethyl adjacent to an activating group) is 1. The minimum absolute atomic E-state index is 0.0429. The Labute approximate surface area is 129 Å². The van der Waals surface area contributed by atoms with Crippen LogP contribution in [0.1, 0.15) is 11.1 Å². The topological polar surface area (TPSA) is 42.4 Å². The van der Waals surface area contributed by atoms with E-state index in [9.17, 15) is 9.18 Å². The Hall–Kier alpha value is -2.43. The van der Waals surface area contributed by atoms with Crippen LogP contribution in [0.25, 0.3) is 0 Å². The lowest BCUT2D eigenvalue weighted by Gasteiger charge is -2.17. The number of aromatic nitrogens is 1. The van der Waals surface area contributed by atoms with E-state index in [-0.39, 0.29) is 18.1 Å². The SMILES string of the molecule is COc1ccc(CC(=O)N(C)CCc2ccncc2)cc1F. The van der Waals surface area contributed by atoms with Crippen LogP contribution in [0.4, 0.5) is 4.39 Å². The van der Waals surface area contributed by atoms with Crippen molar-refractivity contribution in [3.05, 3.63) is 59.7 Å². The van der Waals surface area contributed by atoms with Crippen LogP contribution in [-0.4, -0.2) is 36.5 Å². The monoisotopic (exact) mass is 302 g/mol. The smallest absolute Gasteiger partial charge is 0.226 e. The van der Waals surface area contributed by atoms with Crippen molar-refractivity contribution >= 4 is 5.91 Å². The fraction of sp³-hybridized carbons (Fsp3) is 0.294. The summed E-state index contributed by atoms with van der Waals surface area (Å²) >= 11 is 0. The summed E-state index contributed by atoms with van der Waals surface area (Å²) in [5, 5.41) is 0. The van der Waals surface area contributed by atoms with Crippen LogP contribution in [0.15, 0.2) is 42.7 Å². The Bertz CT molecular complexity index is 632. The predicted molar refractivity (Wildman–Crippen MR) is 82.2 cm³/mol. The maximum absolute atomic E-state index is 13.6. The number of halogens is 1. The molecule has 4 nitrogen and oxygen atoms in total. The van der Waals surface area contributed by atoms with E-state index in [2.05, 4.69) is 4.98 Å². The highest BCUT2D eigenvalue weighted by atomic mass is 19.1. The zero-order chi connectivity index (χ0) is 15.9. The Morgan fingerprint density at radius 2 is 1.95 bits per heavy atom. The average Bonchev–Trinajstić information content (AvgIpc) is 2.53. The normalized spacial score (nSPS) is 10.3. The number of methoxy groups -OCH3 is 1. The molecule has 0 aliphatic heterocycles. The lowest BCUT2D eigenvalue weighted by atomic mass is 10.1. The summed E-state index contributed by atoms with van der Waals surface area (Å²) in [7, 11) is 3.17. The van der Waals surface area contributed by atoms with Gasteiger partial charge in [-0.05, 0) is 41.8 Å². The zero-order valence-corrected chi connectivity index (χ0v) is 12.8. The second-order valence-corrected chi connectivity index (χ2v) is 5.07. The first kappa shape index (κ1) is 15.9. The second kappa shape index (κ2) is 7.54. The molecule has 0 aliphatic rings. The summed E-state index contributed by atoms with van der Waals surface area (Å²) in [4.78, 5) is 17.8. The average molecular weight is 302 g/mol. The number of nitrogens with zero attached hydrogens (tertiary/aromatic N) is 2. The molecule has 0 bridgehead atoms. The lowest BCUT2D eigenvalue weighted by Crippen LogP contribution is -2.30. The number of hydrogen-bond donors (Lipinski definition) is 0. The molecule has 5 heteroatoms. The van der Waals surface area contributed by atoms with Gasteiger partial charge in [-0.15, -0.1) is 0 Å². The number of carbonyl (C=O) groups excluding carboxylic acids is 1. The summed E-state index contributed by atoms with van der Waals surface area (Å²) in [5.74, 6) is -0.312. The van der Waals surface area contributed by atoms with Gasteiger partial charge in [-0.25, -0.2) is 4.39 Å². The number of rotatable bonds is 6. The van der Waals surface area contributed by atoms with Crippen LogP contribution in [0, 0.1) is 5.82 Å². The van der Waals surface area contributed by atoms with Crippen molar-refractivity contribution in [2.24, 2.45) is 0 Å². The number of carbonyl (C=O) groups is 1. The van der Waals surface area contributed by atoms with Gasteiger partial charge in [0.15, 0.2) is 11.6 Å². The molecule has 0 radical (unpaired) electrons. The predicted octanol–water partition coefficient (Wildman–Crippen LogP) is 2.47. The molecule has 22 heavy (non-hydrogen) atoms. The van der Waals surface area contributed by atoms with Crippen LogP contribution in [0.2, 0.25) is 0 Å².